The first kappa shape index (κ1) is 31.9. The van der Waals surface area contributed by atoms with Crippen LogP contribution in [0.15, 0.2) is 77.3 Å². The van der Waals surface area contributed by atoms with Crippen LogP contribution in [0.1, 0.15) is 30.9 Å². The van der Waals surface area contributed by atoms with Gasteiger partial charge < -0.3 is 10.2 Å². The van der Waals surface area contributed by atoms with Crippen LogP contribution < -0.4 is 9.62 Å². The molecule has 0 aromatic heterocycles. The molecule has 3 aromatic carbocycles. The maximum Gasteiger partial charge on any atom is 0.244 e. The van der Waals surface area contributed by atoms with Gasteiger partial charge in [0, 0.05) is 24.0 Å². The highest BCUT2D eigenvalue weighted by Gasteiger charge is 2.33. The van der Waals surface area contributed by atoms with Crippen molar-refractivity contribution in [3.63, 3.8) is 0 Å². The predicted octanol–water partition coefficient (Wildman–Crippen LogP) is 6.08. The highest BCUT2D eigenvalue weighted by molar-refractivity contribution is 9.10. The Morgan fingerprint density at radius 2 is 1.62 bits per heavy atom. The summed E-state index contributed by atoms with van der Waals surface area (Å²) in [6, 6.07) is 20.2. The Balaban J connectivity index is 2.06. The van der Waals surface area contributed by atoms with E-state index in [9.17, 15) is 18.0 Å². The van der Waals surface area contributed by atoms with E-state index in [0.717, 1.165) is 29.0 Å². The standard InChI is InChI=1S/C29H32BrCl2N3O4S/c1-3-4-16-33-29(37)27(18-21-10-6-5-7-11-21)34(19-22-14-15-24(31)25(32)17-22)28(36)20-35(40(2,38)39)26-13-9-8-12-23(26)30/h5-15,17,27H,3-4,16,18-20H2,1-2H3,(H,33,37)/t27-/m1/s1. The number of anilines is 1. The molecule has 1 N–H and O–H groups in total. The molecular formula is C29H32BrCl2N3O4S. The molecule has 7 nitrogen and oxygen atoms in total. The average molecular weight is 669 g/mol. The third-order valence-electron chi connectivity index (χ3n) is 6.24. The molecule has 40 heavy (non-hydrogen) atoms. The van der Waals surface area contributed by atoms with Crippen LogP contribution in [0.2, 0.25) is 10.0 Å². The first-order valence-electron chi connectivity index (χ1n) is 12.8. The minimum absolute atomic E-state index is 0.0159. The summed E-state index contributed by atoms with van der Waals surface area (Å²) in [6.45, 7) is 2.00. The van der Waals surface area contributed by atoms with Crippen molar-refractivity contribution in [2.24, 2.45) is 0 Å². The SMILES string of the molecule is CCCCNC(=O)[C@@H](Cc1ccccc1)N(Cc1ccc(Cl)c(Cl)c1)C(=O)CN(c1ccccc1Br)S(C)(=O)=O. The normalized spacial score (nSPS) is 12.0. The summed E-state index contributed by atoms with van der Waals surface area (Å²) in [6.07, 6.45) is 2.96. The number of benzene rings is 3. The lowest BCUT2D eigenvalue weighted by Gasteiger charge is -2.33. The number of nitrogens with one attached hydrogen (secondary N) is 1. The van der Waals surface area contributed by atoms with Gasteiger partial charge in [-0.3, -0.25) is 13.9 Å². The van der Waals surface area contributed by atoms with E-state index in [2.05, 4.69) is 21.2 Å². The summed E-state index contributed by atoms with van der Waals surface area (Å²) in [5.41, 5.74) is 1.82. The van der Waals surface area contributed by atoms with Crippen LogP contribution in [0.5, 0.6) is 0 Å². The Hall–Kier alpha value is -2.59. The molecule has 0 bridgehead atoms. The largest absolute Gasteiger partial charge is 0.354 e. The lowest BCUT2D eigenvalue weighted by Crippen LogP contribution is -2.53. The van der Waals surface area contributed by atoms with E-state index in [1.54, 1.807) is 42.5 Å². The molecule has 0 fully saturated rings. The number of unbranched alkanes of at least 4 members (excludes halogenated alkanes) is 1. The zero-order valence-corrected chi connectivity index (χ0v) is 26.2. The summed E-state index contributed by atoms with van der Waals surface area (Å²) in [7, 11) is -3.86. The van der Waals surface area contributed by atoms with Gasteiger partial charge in [0.15, 0.2) is 0 Å². The Bertz CT molecular complexity index is 1420. The first-order valence-corrected chi connectivity index (χ1v) is 16.2. The molecule has 1 atom stereocenters. The summed E-state index contributed by atoms with van der Waals surface area (Å²) in [5.74, 6) is -0.865. The van der Waals surface area contributed by atoms with Gasteiger partial charge in [-0.05, 0) is 57.7 Å². The first-order chi connectivity index (χ1) is 19.0. The van der Waals surface area contributed by atoms with E-state index in [1.807, 2.05) is 37.3 Å². The Morgan fingerprint density at radius 3 is 2.25 bits per heavy atom. The number of carbonyl (C=O) groups excluding carboxylic acids is 2. The maximum absolute atomic E-state index is 14.1. The van der Waals surface area contributed by atoms with E-state index in [1.165, 1.54) is 4.90 Å². The number of sulfonamides is 1. The van der Waals surface area contributed by atoms with Crippen molar-refractivity contribution in [3.8, 4) is 0 Å². The molecule has 0 aliphatic carbocycles. The minimum Gasteiger partial charge on any atom is -0.354 e. The van der Waals surface area contributed by atoms with Crippen molar-refractivity contribution in [1.82, 2.24) is 10.2 Å². The van der Waals surface area contributed by atoms with Crippen LogP contribution >= 0.6 is 39.1 Å². The molecule has 0 saturated carbocycles. The van der Waals surface area contributed by atoms with Gasteiger partial charge >= 0.3 is 0 Å². The van der Waals surface area contributed by atoms with Gasteiger partial charge in [-0.25, -0.2) is 8.42 Å². The lowest BCUT2D eigenvalue weighted by molar-refractivity contribution is -0.140. The Kier molecular flexibility index (Phi) is 11.9. The van der Waals surface area contributed by atoms with E-state index in [0.29, 0.717) is 32.3 Å². The van der Waals surface area contributed by atoms with E-state index in [-0.39, 0.29) is 18.9 Å². The molecule has 3 aromatic rings. The van der Waals surface area contributed by atoms with Crippen molar-refractivity contribution in [2.45, 2.75) is 38.8 Å². The summed E-state index contributed by atoms with van der Waals surface area (Å²) >= 11 is 15.8. The number of carbonyl (C=O) groups is 2. The van der Waals surface area contributed by atoms with Gasteiger partial charge in [0.2, 0.25) is 21.8 Å². The molecule has 0 saturated heterocycles. The summed E-state index contributed by atoms with van der Waals surface area (Å²) < 4.78 is 27.3. The monoisotopic (exact) mass is 667 g/mol. The second-order valence-corrected chi connectivity index (χ2v) is 12.9. The maximum atomic E-state index is 14.1. The van der Waals surface area contributed by atoms with Crippen molar-refractivity contribution in [2.75, 3.05) is 23.7 Å². The number of rotatable bonds is 13. The van der Waals surface area contributed by atoms with Crippen LogP contribution in [0, 0.1) is 0 Å². The highest BCUT2D eigenvalue weighted by Crippen LogP contribution is 2.29. The van der Waals surface area contributed by atoms with Crippen LogP contribution in [-0.2, 0) is 32.6 Å². The van der Waals surface area contributed by atoms with Crippen molar-refractivity contribution < 1.29 is 18.0 Å². The van der Waals surface area contributed by atoms with Crippen molar-refractivity contribution >= 4 is 66.7 Å². The van der Waals surface area contributed by atoms with Gasteiger partial charge in [-0.15, -0.1) is 0 Å². The third kappa shape index (κ3) is 8.96. The molecule has 0 radical (unpaired) electrons. The molecule has 0 aliphatic heterocycles. The fourth-order valence-electron chi connectivity index (χ4n) is 4.14. The fourth-order valence-corrected chi connectivity index (χ4v) is 5.94. The number of hydrogen-bond acceptors (Lipinski definition) is 4. The fraction of sp³-hybridized carbons (Fsp3) is 0.310. The Morgan fingerprint density at radius 1 is 0.950 bits per heavy atom. The molecular weight excluding hydrogens is 637 g/mol. The zero-order valence-electron chi connectivity index (χ0n) is 22.3. The predicted molar refractivity (Wildman–Crippen MR) is 165 cm³/mol. The van der Waals surface area contributed by atoms with E-state index >= 15 is 0 Å². The minimum atomic E-state index is -3.86. The number of hydrogen-bond donors (Lipinski definition) is 1. The van der Waals surface area contributed by atoms with Gasteiger partial charge in [-0.1, -0.05) is 85.1 Å². The van der Waals surface area contributed by atoms with Crippen LogP contribution in [0.4, 0.5) is 5.69 Å². The highest BCUT2D eigenvalue weighted by atomic mass is 79.9. The van der Waals surface area contributed by atoms with Crippen molar-refractivity contribution in [1.29, 1.82) is 0 Å². The number of para-hydroxylation sites is 1. The average Bonchev–Trinajstić information content (AvgIpc) is 2.91. The molecule has 0 spiro atoms. The molecule has 2 amide bonds. The molecule has 0 aliphatic rings. The van der Waals surface area contributed by atoms with Gasteiger partial charge in [0.1, 0.15) is 12.6 Å². The molecule has 3 rings (SSSR count). The number of halogens is 3. The number of amides is 2. The third-order valence-corrected chi connectivity index (χ3v) is 8.77. The molecule has 11 heteroatoms. The van der Waals surface area contributed by atoms with Gasteiger partial charge in [0.05, 0.1) is 22.0 Å². The van der Waals surface area contributed by atoms with Crippen LogP contribution in [0.25, 0.3) is 0 Å². The Labute approximate surface area is 254 Å². The van der Waals surface area contributed by atoms with E-state index in [4.69, 9.17) is 23.2 Å². The smallest absolute Gasteiger partial charge is 0.244 e. The molecule has 0 heterocycles. The summed E-state index contributed by atoms with van der Waals surface area (Å²) in [5, 5.41) is 3.62. The van der Waals surface area contributed by atoms with Gasteiger partial charge in [-0.2, -0.15) is 0 Å². The number of nitrogens with zero attached hydrogens (tertiary/aromatic N) is 2. The van der Waals surface area contributed by atoms with Crippen molar-refractivity contribution in [3.05, 3.63) is 98.4 Å². The lowest BCUT2D eigenvalue weighted by atomic mass is 10.0. The van der Waals surface area contributed by atoms with Crippen LogP contribution in [-0.4, -0.2) is 50.5 Å². The summed E-state index contributed by atoms with van der Waals surface area (Å²) in [4.78, 5) is 29.1. The van der Waals surface area contributed by atoms with Gasteiger partial charge in [0.25, 0.3) is 0 Å². The van der Waals surface area contributed by atoms with Crippen LogP contribution in [0.3, 0.4) is 0 Å². The topological polar surface area (TPSA) is 86.8 Å². The quantitative estimate of drug-likeness (QED) is 0.224. The molecule has 0 unspecified atom stereocenters. The zero-order chi connectivity index (χ0) is 29.3. The van der Waals surface area contributed by atoms with E-state index < -0.39 is 28.5 Å². The molecule has 214 valence electrons. The second kappa shape index (κ2) is 14.9. The second-order valence-electron chi connectivity index (χ2n) is 9.34.